The van der Waals surface area contributed by atoms with Crippen molar-refractivity contribution in [2.45, 2.75) is 33.0 Å². The van der Waals surface area contributed by atoms with Crippen LogP contribution in [0.15, 0.2) is 42.5 Å². The Morgan fingerprint density at radius 2 is 1.50 bits per heavy atom. The summed E-state index contributed by atoms with van der Waals surface area (Å²) in [5.41, 5.74) is -0.0185. The molecule has 194 valence electrons. The molecule has 0 radical (unpaired) electrons. The van der Waals surface area contributed by atoms with Crippen LogP contribution in [0.2, 0.25) is 19.6 Å². The van der Waals surface area contributed by atoms with Crippen molar-refractivity contribution >= 4 is 82.4 Å². The molecule has 0 spiro atoms. The number of hydrogen-bond acceptors (Lipinski definition) is 2. The van der Waals surface area contributed by atoms with Crippen LogP contribution < -0.4 is 5.19 Å². The lowest BCUT2D eigenvalue weighted by Crippen LogP contribution is -2.37. The number of rotatable bonds is 3. The van der Waals surface area contributed by atoms with E-state index in [2.05, 4.69) is 32.0 Å². The molecule has 0 fully saturated rings. The lowest BCUT2D eigenvalue weighted by atomic mass is 10.1. The molecular weight excluding hydrogens is 593 g/mol. The smallest absolute Gasteiger partial charge is 0.508 e. The highest BCUT2D eigenvalue weighted by Crippen LogP contribution is 2.25. The van der Waals surface area contributed by atoms with Gasteiger partial charge in [-0.15, -0.1) is 12.3 Å². The number of phenolic OH excluding ortho intramolecular Hbond substituents is 1. The first-order valence-electron chi connectivity index (χ1n) is 10.1. The Bertz CT molecular complexity index is 1210. The van der Waals surface area contributed by atoms with Gasteiger partial charge in [-0.25, -0.2) is 47.7 Å². The van der Waals surface area contributed by atoms with E-state index in [4.69, 9.17) is 41.7 Å². The van der Waals surface area contributed by atoms with Gasteiger partial charge in [0, 0.05) is 11.8 Å². The predicted octanol–water partition coefficient (Wildman–Crippen LogP) is 7.97. The van der Waals surface area contributed by atoms with Crippen LogP contribution in [0.3, 0.4) is 0 Å². The van der Waals surface area contributed by atoms with Crippen molar-refractivity contribution in [2.24, 2.45) is 0 Å². The molecule has 0 unspecified atom stereocenters. The summed E-state index contributed by atoms with van der Waals surface area (Å²) in [4.78, 5) is 10.4. The predicted molar refractivity (Wildman–Crippen MR) is 147 cm³/mol. The second kappa shape index (κ2) is 16.4. The summed E-state index contributed by atoms with van der Waals surface area (Å²) in [6.07, 6.45) is 4.31. The molecule has 0 amide bonds. The van der Waals surface area contributed by atoms with E-state index in [1.807, 2.05) is 0 Å². The molecule has 0 atom stereocenters. The van der Waals surface area contributed by atoms with Gasteiger partial charge in [0.05, 0.1) is 8.07 Å². The Labute approximate surface area is 231 Å². The van der Waals surface area contributed by atoms with E-state index in [1.54, 1.807) is 13.0 Å². The van der Waals surface area contributed by atoms with Gasteiger partial charge in [-0.05, 0) is 52.9 Å². The molecule has 0 aliphatic carbocycles. The average Bonchev–Trinajstić information content (AvgIpc) is 2.74. The summed E-state index contributed by atoms with van der Waals surface area (Å²) in [7, 11) is 13.1. The lowest BCUT2D eigenvalue weighted by molar-refractivity contribution is -0.111. The first kappa shape index (κ1) is 34.6. The maximum atomic E-state index is 13.5. The third-order valence-electron chi connectivity index (χ3n) is 4.19. The van der Waals surface area contributed by atoms with Crippen LogP contribution in [0.1, 0.15) is 12.5 Å². The topological polar surface area (TPSA) is 37.3 Å². The number of benzene rings is 3. The molecule has 2 nitrogen and oxygen atoms in total. The van der Waals surface area contributed by atoms with E-state index >= 15 is 0 Å². The van der Waals surface area contributed by atoms with Crippen LogP contribution in [0.5, 0.6) is 5.75 Å². The molecule has 0 saturated carbocycles. The number of halogens is 8. The highest BCUT2D eigenvalue weighted by Gasteiger charge is 2.22. The van der Waals surface area contributed by atoms with Gasteiger partial charge < -0.3 is 5.11 Å². The highest BCUT2D eigenvalue weighted by atomic mass is 35.8. The average molecular weight is 616 g/mol. The summed E-state index contributed by atoms with van der Waals surface area (Å²) < 4.78 is 51.9. The van der Waals surface area contributed by atoms with Crippen molar-refractivity contribution in [3.63, 3.8) is 0 Å². The highest BCUT2D eigenvalue weighted by molar-refractivity contribution is 7.54. The van der Waals surface area contributed by atoms with Gasteiger partial charge in [0.25, 0.3) is 0 Å². The quantitative estimate of drug-likeness (QED) is 0.140. The minimum atomic E-state index is -1.72. The van der Waals surface area contributed by atoms with Crippen LogP contribution in [0.4, 0.5) is 17.6 Å². The van der Waals surface area contributed by atoms with Gasteiger partial charge in [0.2, 0.25) is 5.24 Å². The number of fused-ring (bicyclic) bond motifs is 1. The van der Waals surface area contributed by atoms with Gasteiger partial charge in [0.15, 0.2) is 23.3 Å². The number of hydrogen-bond donors (Lipinski definition) is 1. The zero-order chi connectivity index (χ0) is 28.2. The third kappa shape index (κ3) is 12.2. The number of carbonyl (C=O) groups excluding carboxylic acids is 1. The summed E-state index contributed by atoms with van der Waals surface area (Å²) >= 11 is 3.29. The molecule has 12 heteroatoms. The summed E-state index contributed by atoms with van der Waals surface area (Å²) in [6, 6.07) is 9.37. The van der Waals surface area contributed by atoms with Crippen LogP contribution >= 0.6 is 41.7 Å². The number of terminal acetylenes is 1. The van der Waals surface area contributed by atoms with Crippen molar-refractivity contribution in [1.82, 2.24) is 0 Å². The fraction of sp³-hybridized carbons (Fsp3) is 0.208. The third-order valence-corrected chi connectivity index (χ3v) is 6.34. The Hall–Kier alpha value is -1.42. The molecule has 0 aliphatic rings. The van der Waals surface area contributed by atoms with E-state index in [1.165, 1.54) is 24.3 Å². The maximum Gasteiger partial charge on any atom is 0.643 e. The first-order valence-corrected chi connectivity index (χ1v) is 19.2. The molecule has 1 N–H and O–H groups in total. The fourth-order valence-electron chi connectivity index (χ4n) is 2.73. The summed E-state index contributed by atoms with van der Waals surface area (Å²) in [6.45, 7) is 7.93. The van der Waals surface area contributed by atoms with Crippen LogP contribution in [0, 0.1) is 35.6 Å². The van der Waals surface area contributed by atoms with Crippen LogP contribution in [-0.4, -0.2) is 29.8 Å². The summed E-state index contributed by atoms with van der Waals surface area (Å²) in [5, 5.41) is 10.8. The van der Waals surface area contributed by atoms with Crippen LogP contribution in [0.25, 0.3) is 10.8 Å². The Morgan fingerprint density at radius 3 is 1.97 bits per heavy atom. The monoisotopic (exact) mass is 614 g/mol. The minimum absolute atomic E-state index is 0.0185. The molecule has 0 aliphatic heterocycles. The van der Waals surface area contributed by atoms with Gasteiger partial charge in [-0.2, -0.15) is 0 Å². The number of phenols is 1. The van der Waals surface area contributed by atoms with E-state index in [-0.39, 0.29) is 23.1 Å². The largest absolute Gasteiger partial charge is 0.643 e. The first-order chi connectivity index (χ1) is 16.6. The maximum absolute atomic E-state index is 13.5. The van der Waals surface area contributed by atoms with E-state index in [0.717, 1.165) is 17.3 Å². The van der Waals surface area contributed by atoms with Gasteiger partial charge in [-0.1, -0.05) is 43.9 Å². The Morgan fingerprint density at radius 1 is 1.00 bits per heavy atom. The zero-order valence-corrected chi connectivity index (χ0v) is 25.0. The molecule has 0 aromatic heterocycles. The van der Waals surface area contributed by atoms with E-state index in [9.17, 15) is 27.5 Å². The second-order valence-electron chi connectivity index (χ2n) is 7.98. The minimum Gasteiger partial charge on any atom is -0.508 e. The van der Waals surface area contributed by atoms with Gasteiger partial charge >= 0.3 is 11.4 Å². The standard InChI is InChI=1S/C13H14F2OSi.C8H5ClF2O.C3H4.Al.3ClH/c1-17(2,3)12-6-8-4-5-10(14)13(15)9(8)7-11(12)16;9-7(12)4-5-2-1-3-6(10)8(5)11;1-3-2;;;;/h4-7,16H,1-3H3;1-3H,4H2;1H,2H3;;3*1H/q;;;+3;;;/p-3. The Kier molecular flexibility index (Phi) is 15.8. The van der Waals surface area contributed by atoms with Crippen molar-refractivity contribution < 1.29 is 27.5 Å². The SMILES string of the molecule is C#CC.C[Si](C)(C)c1cc2ccc(F)c(F)c2cc1O.O=C(Cl)Cc1cccc(F)c1F.[Cl][Al]([Cl])[Cl]. The normalized spacial score (nSPS) is 9.97. The molecule has 0 saturated heterocycles. The molecule has 0 bridgehead atoms. The van der Waals surface area contributed by atoms with E-state index in [0.29, 0.717) is 5.39 Å². The van der Waals surface area contributed by atoms with Crippen molar-refractivity contribution in [1.29, 1.82) is 0 Å². The Balaban J connectivity index is 0.000000561. The molecular formula is C24H23AlCl4F4O2Si. The number of aromatic hydroxyl groups is 1. The van der Waals surface area contributed by atoms with Crippen molar-refractivity contribution in [3.05, 3.63) is 71.3 Å². The second-order valence-corrected chi connectivity index (χ2v) is 19.9. The van der Waals surface area contributed by atoms with Crippen LogP contribution in [-0.2, 0) is 11.2 Å². The lowest BCUT2D eigenvalue weighted by Gasteiger charge is -2.19. The molecule has 0 heterocycles. The molecule has 3 aromatic carbocycles. The zero-order valence-electron chi connectivity index (χ0n) is 19.8. The molecule has 3 rings (SSSR count). The van der Waals surface area contributed by atoms with Gasteiger partial charge in [0.1, 0.15) is 5.75 Å². The number of carbonyl (C=O) groups is 1. The van der Waals surface area contributed by atoms with E-state index < -0.39 is 48.0 Å². The van der Waals surface area contributed by atoms with Crippen molar-refractivity contribution in [3.8, 4) is 18.1 Å². The van der Waals surface area contributed by atoms with Crippen molar-refractivity contribution in [2.75, 3.05) is 0 Å². The molecule has 36 heavy (non-hydrogen) atoms. The fourth-order valence-corrected chi connectivity index (χ4v) is 4.31. The summed E-state index contributed by atoms with van der Waals surface area (Å²) in [5.74, 6) is -1.46. The van der Waals surface area contributed by atoms with Gasteiger partial charge in [-0.3, -0.25) is 4.79 Å². The molecule has 3 aromatic rings.